The topological polar surface area (TPSA) is 159 Å². The van der Waals surface area contributed by atoms with Crippen LogP contribution in [0.4, 0.5) is 16.0 Å². The van der Waals surface area contributed by atoms with Crippen molar-refractivity contribution in [1.29, 1.82) is 0 Å². The van der Waals surface area contributed by atoms with Gasteiger partial charge in [0.15, 0.2) is 5.82 Å². The minimum absolute atomic E-state index is 0.0128. The van der Waals surface area contributed by atoms with Gasteiger partial charge in [-0.25, -0.2) is 14.4 Å². The van der Waals surface area contributed by atoms with E-state index in [1.165, 1.54) is 22.5 Å². The van der Waals surface area contributed by atoms with E-state index in [9.17, 15) is 19.2 Å². The molecule has 0 spiro atoms. The summed E-state index contributed by atoms with van der Waals surface area (Å²) in [6, 6.07) is 18.5. The first-order valence-electron chi connectivity index (χ1n) is 21.8. The van der Waals surface area contributed by atoms with Crippen LogP contribution >= 0.6 is 0 Å². The van der Waals surface area contributed by atoms with Gasteiger partial charge in [0.2, 0.25) is 23.7 Å². The number of imide groups is 1. The SMILES string of the molecule is Cn1nc(C2CCC(=O)NC2=O)c2ccc(N3CCC(CN4CCC(NC(=O)[C@H]5CCC[C@@H](Nc6ncc(F)c(-c7cccc(-n8ccccc8=O)c7)n6)C5)CC4)CC3)cc21. The van der Waals surface area contributed by atoms with E-state index in [0.29, 0.717) is 42.4 Å². The number of benzene rings is 2. The standard InChI is InChI=1S/C46H53FN10O4/c1-54-39-26-34(11-12-36(39)43(53-54)37-13-14-40(58)51-45(37)61)56-22-15-29(16-23-56)28-55-20-17-32(18-21-55)49-44(60)31-7-4-8-33(24-31)50-46-48-27-38(47)42(52-46)30-6-5-9-35(25-30)57-19-3-2-10-41(57)59/h2-3,5-6,9-12,19,25-27,29,31-33,37H,4,7-8,13-18,20-24,28H2,1H3,(H,49,60)(H,48,50,52)(H,51,58,61)/t31-,33+,37?/m0/s1. The Morgan fingerprint density at radius 3 is 2.52 bits per heavy atom. The molecule has 3 aliphatic heterocycles. The van der Waals surface area contributed by atoms with E-state index in [1.807, 2.05) is 11.7 Å². The second-order valence-corrected chi connectivity index (χ2v) is 17.3. The molecular weight excluding hydrogens is 776 g/mol. The van der Waals surface area contributed by atoms with Gasteiger partial charge in [-0.2, -0.15) is 5.10 Å². The fourth-order valence-corrected chi connectivity index (χ4v) is 9.82. The van der Waals surface area contributed by atoms with Crippen LogP contribution in [-0.4, -0.2) is 91.7 Å². The van der Waals surface area contributed by atoms with Crippen molar-refractivity contribution >= 4 is 40.3 Å². The number of rotatable bonds is 10. The Morgan fingerprint density at radius 1 is 0.885 bits per heavy atom. The second-order valence-electron chi connectivity index (χ2n) is 17.3. The van der Waals surface area contributed by atoms with Gasteiger partial charge in [0, 0.05) is 98.8 Å². The number of hydrogen-bond acceptors (Lipinski definition) is 10. The van der Waals surface area contributed by atoms with Gasteiger partial charge in [-0.1, -0.05) is 24.6 Å². The minimum Gasteiger partial charge on any atom is -0.371 e. The molecule has 0 radical (unpaired) electrons. The molecule has 3 aromatic heterocycles. The molecule has 4 fully saturated rings. The van der Waals surface area contributed by atoms with Crippen LogP contribution < -0.4 is 26.4 Å². The van der Waals surface area contributed by atoms with E-state index in [4.69, 9.17) is 5.10 Å². The smallest absolute Gasteiger partial charge is 0.255 e. The van der Waals surface area contributed by atoms with Gasteiger partial charge < -0.3 is 20.4 Å². The number of halogens is 1. The van der Waals surface area contributed by atoms with E-state index in [1.54, 1.807) is 42.6 Å². The molecule has 318 valence electrons. The average Bonchev–Trinajstić information content (AvgIpc) is 3.60. The van der Waals surface area contributed by atoms with Crippen LogP contribution in [0.1, 0.15) is 75.8 Å². The van der Waals surface area contributed by atoms with E-state index >= 15 is 4.39 Å². The zero-order valence-corrected chi connectivity index (χ0v) is 34.6. The molecule has 3 amide bonds. The molecule has 1 aliphatic carbocycles. The van der Waals surface area contributed by atoms with Crippen molar-refractivity contribution in [2.75, 3.05) is 42.9 Å². The highest BCUT2D eigenvalue weighted by molar-refractivity contribution is 6.02. The molecule has 1 saturated carbocycles. The van der Waals surface area contributed by atoms with Crippen LogP contribution in [0, 0.1) is 17.7 Å². The number of nitrogens with zero attached hydrogens (tertiary/aromatic N) is 7. The van der Waals surface area contributed by atoms with Crippen LogP contribution in [0.5, 0.6) is 0 Å². The highest BCUT2D eigenvalue weighted by Gasteiger charge is 2.33. The number of piperidine rings is 3. The molecule has 15 heteroatoms. The van der Waals surface area contributed by atoms with Gasteiger partial charge in [0.1, 0.15) is 5.69 Å². The first-order valence-corrected chi connectivity index (χ1v) is 21.8. The maximum absolute atomic E-state index is 15.1. The number of nitrogens with one attached hydrogen (secondary N) is 3. The molecule has 4 aliphatic rings. The number of carbonyl (C=O) groups excluding carboxylic acids is 3. The highest BCUT2D eigenvalue weighted by atomic mass is 19.1. The predicted molar refractivity (Wildman–Crippen MR) is 231 cm³/mol. The maximum Gasteiger partial charge on any atom is 0.255 e. The third-order valence-corrected chi connectivity index (χ3v) is 13.2. The number of anilines is 2. The monoisotopic (exact) mass is 828 g/mol. The van der Waals surface area contributed by atoms with Gasteiger partial charge >= 0.3 is 0 Å². The largest absolute Gasteiger partial charge is 0.371 e. The second kappa shape index (κ2) is 17.6. The molecule has 5 aromatic rings. The molecular formula is C46H53FN10O4. The molecule has 3 saturated heterocycles. The molecule has 3 atom stereocenters. The number of hydrogen-bond donors (Lipinski definition) is 3. The zero-order chi connectivity index (χ0) is 42.0. The number of carbonyl (C=O) groups is 3. The zero-order valence-electron chi connectivity index (χ0n) is 34.6. The predicted octanol–water partition coefficient (Wildman–Crippen LogP) is 5.31. The third kappa shape index (κ3) is 8.93. The summed E-state index contributed by atoms with van der Waals surface area (Å²) in [5.74, 6) is -0.505. The lowest BCUT2D eigenvalue weighted by Crippen LogP contribution is -2.48. The van der Waals surface area contributed by atoms with Gasteiger partial charge in [0.05, 0.1) is 23.3 Å². The van der Waals surface area contributed by atoms with Gasteiger partial charge in [0.25, 0.3) is 5.56 Å². The Balaban J connectivity index is 0.727. The quantitative estimate of drug-likeness (QED) is 0.158. The van der Waals surface area contributed by atoms with Crippen molar-refractivity contribution in [2.24, 2.45) is 18.9 Å². The Morgan fingerprint density at radius 2 is 1.72 bits per heavy atom. The van der Waals surface area contributed by atoms with Crippen molar-refractivity contribution in [3.63, 3.8) is 0 Å². The number of aryl methyl sites for hydroxylation is 1. The van der Waals surface area contributed by atoms with E-state index in [2.05, 4.69) is 53.9 Å². The average molecular weight is 829 g/mol. The molecule has 61 heavy (non-hydrogen) atoms. The number of fused-ring (bicyclic) bond motifs is 1. The maximum atomic E-state index is 15.1. The minimum atomic E-state index is -0.554. The van der Waals surface area contributed by atoms with Crippen LogP contribution in [0.2, 0.25) is 0 Å². The van der Waals surface area contributed by atoms with Crippen LogP contribution in [0.25, 0.3) is 27.8 Å². The van der Waals surface area contributed by atoms with Crippen molar-refractivity contribution in [3.8, 4) is 16.9 Å². The first-order chi connectivity index (χ1) is 29.6. The molecule has 3 N–H and O–H groups in total. The van der Waals surface area contributed by atoms with E-state index in [0.717, 1.165) is 94.3 Å². The van der Waals surface area contributed by atoms with Crippen molar-refractivity contribution < 1.29 is 18.8 Å². The molecule has 2 aromatic carbocycles. The van der Waals surface area contributed by atoms with Crippen molar-refractivity contribution in [2.45, 2.75) is 82.2 Å². The number of amides is 3. The lowest BCUT2D eigenvalue weighted by atomic mass is 9.84. The van der Waals surface area contributed by atoms with E-state index in [-0.39, 0.29) is 47.0 Å². The van der Waals surface area contributed by atoms with E-state index < -0.39 is 11.7 Å². The summed E-state index contributed by atoms with van der Waals surface area (Å²) in [6.45, 7) is 4.99. The lowest BCUT2D eigenvalue weighted by molar-refractivity contribution is -0.134. The third-order valence-electron chi connectivity index (χ3n) is 13.2. The summed E-state index contributed by atoms with van der Waals surface area (Å²) in [6.07, 6.45) is 11.0. The summed E-state index contributed by atoms with van der Waals surface area (Å²) < 4.78 is 18.4. The van der Waals surface area contributed by atoms with Gasteiger partial charge in [-0.15, -0.1) is 0 Å². The number of pyridine rings is 1. The lowest BCUT2D eigenvalue weighted by Gasteiger charge is -2.39. The molecule has 9 rings (SSSR count). The summed E-state index contributed by atoms with van der Waals surface area (Å²) >= 11 is 0. The fraction of sp³-hybridized carbons (Fsp3) is 0.457. The summed E-state index contributed by atoms with van der Waals surface area (Å²) in [4.78, 5) is 64.0. The Hall–Kier alpha value is -5.96. The van der Waals surface area contributed by atoms with Crippen molar-refractivity contribution in [1.82, 2.24) is 39.8 Å². The summed E-state index contributed by atoms with van der Waals surface area (Å²) in [7, 11) is 1.91. The summed E-state index contributed by atoms with van der Waals surface area (Å²) in [5.41, 5.74) is 4.01. The van der Waals surface area contributed by atoms with Gasteiger partial charge in [-0.3, -0.25) is 33.7 Å². The molecule has 6 heterocycles. The first kappa shape index (κ1) is 40.4. The normalized spacial score (nSPS) is 22.0. The Labute approximate surface area is 353 Å². The van der Waals surface area contributed by atoms with Crippen LogP contribution in [-0.2, 0) is 21.4 Å². The highest BCUT2D eigenvalue weighted by Crippen LogP contribution is 2.34. The van der Waals surface area contributed by atoms with Crippen LogP contribution in [0.15, 0.2) is 77.9 Å². The Bertz CT molecular complexity index is 2490. The molecule has 0 bridgehead atoms. The summed E-state index contributed by atoms with van der Waals surface area (Å²) in [5, 5.41) is 14.9. The molecule has 14 nitrogen and oxygen atoms in total. The fourth-order valence-electron chi connectivity index (χ4n) is 9.82. The molecule has 1 unspecified atom stereocenters. The number of aromatic nitrogens is 5. The van der Waals surface area contributed by atoms with Gasteiger partial charge in [-0.05, 0) is 93.7 Å². The number of likely N-dealkylation sites (tertiary alicyclic amines) is 1. The van der Waals surface area contributed by atoms with Crippen molar-refractivity contribution in [3.05, 3.63) is 94.9 Å². The Kier molecular flexibility index (Phi) is 11.6. The van der Waals surface area contributed by atoms with Crippen LogP contribution in [0.3, 0.4) is 0 Å².